The summed E-state index contributed by atoms with van der Waals surface area (Å²) in [5.74, 6) is -0.220. The summed E-state index contributed by atoms with van der Waals surface area (Å²) >= 11 is 0. The molecule has 7 nitrogen and oxygen atoms in total. The maximum Gasteiger partial charge on any atom is 0.276 e. The van der Waals surface area contributed by atoms with Crippen molar-refractivity contribution in [3.63, 3.8) is 0 Å². The van der Waals surface area contributed by atoms with Crippen LogP contribution in [0.4, 0.5) is 5.69 Å². The first-order valence-corrected chi connectivity index (χ1v) is 9.08. The number of fused-ring (bicyclic) bond motifs is 1. The summed E-state index contributed by atoms with van der Waals surface area (Å²) < 4.78 is 1.77. The number of benzene rings is 2. The summed E-state index contributed by atoms with van der Waals surface area (Å²) in [4.78, 5) is 26.8. The lowest BCUT2D eigenvalue weighted by molar-refractivity contribution is -0.132. The van der Waals surface area contributed by atoms with Crippen molar-refractivity contribution < 1.29 is 14.7 Å². The van der Waals surface area contributed by atoms with Gasteiger partial charge in [-0.2, -0.15) is 5.10 Å². The van der Waals surface area contributed by atoms with E-state index in [1.807, 2.05) is 30.3 Å². The van der Waals surface area contributed by atoms with Crippen molar-refractivity contribution in [2.24, 2.45) is 0 Å². The molecule has 2 aromatic carbocycles. The van der Waals surface area contributed by atoms with E-state index in [1.54, 1.807) is 39.9 Å². The highest BCUT2D eigenvalue weighted by Crippen LogP contribution is 2.20. The molecule has 3 aromatic rings. The SMILES string of the molecule is O=C(Nc1ccccc1)c1cc2n(n1)CCN(C(=O)Cc1ccccc1O)C2. The maximum atomic E-state index is 12.6. The minimum atomic E-state index is -0.278. The topological polar surface area (TPSA) is 87.5 Å². The predicted octanol–water partition coefficient (Wildman–Crippen LogP) is 2.43. The van der Waals surface area contributed by atoms with E-state index in [-0.39, 0.29) is 24.0 Å². The highest BCUT2D eigenvalue weighted by molar-refractivity contribution is 6.02. The number of nitrogens with zero attached hydrogens (tertiary/aromatic N) is 3. The van der Waals surface area contributed by atoms with Gasteiger partial charge in [0, 0.05) is 17.8 Å². The fraction of sp³-hybridized carbons (Fsp3) is 0.190. The summed E-state index contributed by atoms with van der Waals surface area (Å²) in [6, 6.07) is 17.8. The number of phenols is 1. The second-order valence-electron chi connectivity index (χ2n) is 6.68. The lowest BCUT2D eigenvalue weighted by Gasteiger charge is -2.27. The Labute approximate surface area is 162 Å². The van der Waals surface area contributed by atoms with Crippen LogP contribution in [0.15, 0.2) is 60.7 Å². The first-order chi connectivity index (χ1) is 13.6. The van der Waals surface area contributed by atoms with Gasteiger partial charge in [-0.3, -0.25) is 14.3 Å². The van der Waals surface area contributed by atoms with Crippen LogP contribution in [0, 0.1) is 0 Å². The zero-order valence-corrected chi connectivity index (χ0v) is 15.2. The summed E-state index contributed by atoms with van der Waals surface area (Å²) in [5.41, 5.74) is 2.46. The average molecular weight is 376 g/mol. The van der Waals surface area contributed by atoms with Crippen molar-refractivity contribution in [2.45, 2.75) is 19.5 Å². The summed E-state index contributed by atoms with van der Waals surface area (Å²) in [7, 11) is 0. The molecular formula is C21H20N4O3. The smallest absolute Gasteiger partial charge is 0.276 e. The second kappa shape index (κ2) is 7.56. The molecule has 28 heavy (non-hydrogen) atoms. The molecule has 0 saturated carbocycles. The lowest BCUT2D eigenvalue weighted by atomic mass is 10.1. The van der Waals surface area contributed by atoms with Crippen LogP contribution in [0.25, 0.3) is 0 Å². The van der Waals surface area contributed by atoms with Gasteiger partial charge in [0.2, 0.25) is 5.91 Å². The van der Waals surface area contributed by atoms with E-state index in [9.17, 15) is 14.7 Å². The first kappa shape index (κ1) is 17.8. The van der Waals surface area contributed by atoms with Crippen LogP contribution < -0.4 is 5.32 Å². The molecule has 0 aliphatic carbocycles. The van der Waals surface area contributed by atoms with E-state index in [1.165, 1.54) is 0 Å². The van der Waals surface area contributed by atoms with E-state index in [0.717, 1.165) is 5.69 Å². The summed E-state index contributed by atoms with van der Waals surface area (Å²) in [6.45, 7) is 1.43. The van der Waals surface area contributed by atoms with Gasteiger partial charge in [0.05, 0.1) is 25.2 Å². The largest absolute Gasteiger partial charge is 0.508 e. The fourth-order valence-corrected chi connectivity index (χ4v) is 3.24. The summed E-state index contributed by atoms with van der Waals surface area (Å²) in [5, 5.41) is 17.1. The molecule has 7 heteroatoms. The molecule has 4 rings (SSSR count). The van der Waals surface area contributed by atoms with Crippen LogP contribution in [0.1, 0.15) is 21.7 Å². The molecule has 0 saturated heterocycles. The summed E-state index contributed by atoms with van der Waals surface area (Å²) in [6.07, 6.45) is 0.141. The van der Waals surface area contributed by atoms with Crippen LogP contribution in [-0.4, -0.2) is 38.1 Å². The van der Waals surface area contributed by atoms with Crippen LogP contribution in [0.5, 0.6) is 5.75 Å². The molecule has 0 atom stereocenters. The number of amides is 2. The molecule has 1 aliphatic rings. The zero-order valence-electron chi connectivity index (χ0n) is 15.2. The second-order valence-corrected chi connectivity index (χ2v) is 6.68. The number of hydrogen-bond donors (Lipinski definition) is 2. The molecule has 1 aromatic heterocycles. The Morgan fingerprint density at radius 1 is 1.04 bits per heavy atom. The average Bonchev–Trinajstić information content (AvgIpc) is 3.14. The normalized spacial score (nSPS) is 13.1. The van der Waals surface area contributed by atoms with Crippen molar-refractivity contribution in [2.75, 3.05) is 11.9 Å². The minimum absolute atomic E-state index is 0.0655. The van der Waals surface area contributed by atoms with E-state index in [0.29, 0.717) is 36.6 Å². The van der Waals surface area contributed by atoms with Crippen LogP contribution in [0.3, 0.4) is 0 Å². The van der Waals surface area contributed by atoms with Crippen LogP contribution in [0.2, 0.25) is 0 Å². The molecule has 2 amide bonds. The molecule has 2 heterocycles. The number of anilines is 1. The lowest BCUT2D eigenvalue weighted by Crippen LogP contribution is -2.39. The van der Waals surface area contributed by atoms with Gasteiger partial charge in [0.25, 0.3) is 5.91 Å². The Morgan fingerprint density at radius 2 is 1.79 bits per heavy atom. The molecule has 142 valence electrons. The fourth-order valence-electron chi connectivity index (χ4n) is 3.24. The quantitative estimate of drug-likeness (QED) is 0.732. The highest BCUT2D eigenvalue weighted by Gasteiger charge is 2.24. The van der Waals surface area contributed by atoms with Gasteiger partial charge >= 0.3 is 0 Å². The van der Waals surface area contributed by atoms with E-state index in [2.05, 4.69) is 10.4 Å². The predicted molar refractivity (Wildman–Crippen MR) is 104 cm³/mol. The van der Waals surface area contributed by atoms with Crippen molar-refractivity contribution in [3.05, 3.63) is 77.6 Å². The highest BCUT2D eigenvalue weighted by atomic mass is 16.3. The number of nitrogens with one attached hydrogen (secondary N) is 1. The van der Waals surface area contributed by atoms with Gasteiger partial charge in [-0.1, -0.05) is 36.4 Å². The van der Waals surface area contributed by atoms with E-state index >= 15 is 0 Å². The van der Waals surface area contributed by atoms with Crippen LogP contribution in [-0.2, 0) is 24.3 Å². The number of rotatable bonds is 4. The standard InChI is InChI=1S/C21H20N4O3/c26-19-9-5-4-6-15(19)12-20(27)24-10-11-25-17(14-24)13-18(23-25)21(28)22-16-7-2-1-3-8-16/h1-9,13,26H,10-12,14H2,(H,22,28). The van der Waals surface area contributed by atoms with Gasteiger partial charge < -0.3 is 15.3 Å². The van der Waals surface area contributed by atoms with Gasteiger partial charge in [0.1, 0.15) is 5.75 Å². The van der Waals surface area contributed by atoms with Crippen molar-refractivity contribution in [3.8, 4) is 5.75 Å². The molecule has 2 N–H and O–H groups in total. The van der Waals surface area contributed by atoms with Gasteiger partial charge in [-0.25, -0.2) is 0 Å². The first-order valence-electron chi connectivity index (χ1n) is 9.08. The minimum Gasteiger partial charge on any atom is -0.508 e. The number of hydrogen-bond acceptors (Lipinski definition) is 4. The van der Waals surface area contributed by atoms with Gasteiger partial charge in [0.15, 0.2) is 5.69 Å². The molecule has 0 unspecified atom stereocenters. The molecule has 0 bridgehead atoms. The number of aromatic hydroxyl groups is 1. The van der Waals surface area contributed by atoms with Gasteiger partial charge in [-0.05, 0) is 24.3 Å². The van der Waals surface area contributed by atoms with Crippen molar-refractivity contribution >= 4 is 17.5 Å². The van der Waals surface area contributed by atoms with Gasteiger partial charge in [-0.15, -0.1) is 0 Å². The number of aromatic nitrogens is 2. The van der Waals surface area contributed by atoms with Crippen LogP contribution >= 0.6 is 0 Å². The zero-order chi connectivity index (χ0) is 19.5. The van der Waals surface area contributed by atoms with E-state index in [4.69, 9.17) is 0 Å². The third-order valence-corrected chi connectivity index (χ3v) is 4.75. The Bertz CT molecular complexity index is 1010. The third-order valence-electron chi connectivity index (χ3n) is 4.75. The number of phenolic OH excluding ortho intramolecular Hbond substituents is 1. The Hall–Kier alpha value is -3.61. The third kappa shape index (κ3) is 3.73. The number of carbonyl (C=O) groups is 2. The van der Waals surface area contributed by atoms with Crippen molar-refractivity contribution in [1.82, 2.24) is 14.7 Å². The molecule has 0 fully saturated rings. The Morgan fingerprint density at radius 3 is 2.57 bits per heavy atom. The molecular weight excluding hydrogens is 356 g/mol. The Balaban J connectivity index is 1.43. The maximum absolute atomic E-state index is 12.6. The van der Waals surface area contributed by atoms with Crippen molar-refractivity contribution in [1.29, 1.82) is 0 Å². The molecule has 0 radical (unpaired) electrons. The monoisotopic (exact) mass is 376 g/mol. The Kier molecular flexibility index (Phi) is 4.80. The number of carbonyl (C=O) groups excluding carboxylic acids is 2. The van der Waals surface area contributed by atoms with E-state index < -0.39 is 0 Å². The number of para-hydroxylation sites is 2. The molecule has 1 aliphatic heterocycles. The molecule has 0 spiro atoms.